The number of carbonyl (C=O) groups is 8. The molecular weight excluding hydrogens is 1890 g/mol. The summed E-state index contributed by atoms with van der Waals surface area (Å²) in [4.78, 5) is 128. The van der Waals surface area contributed by atoms with E-state index in [2.05, 4.69) is 82.9 Å². The fourth-order valence-corrected chi connectivity index (χ4v) is 16.8. The lowest BCUT2D eigenvalue weighted by atomic mass is 9.95. The van der Waals surface area contributed by atoms with Crippen LogP contribution in [0.1, 0.15) is 214 Å². The fraction of sp³-hybridized carbons (Fsp3) is 0.245. The predicted molar refractivity (Wildman–Crippen MR) is 536 cm³/mol. The lowest BCUT2D eigenvalue weighted by Gasteiger charge is -2.29. The van der Waals surface area contributed by atoms with E-state index in [0.29, 0.717) is 112 Å². The van der Waals surface area contributed by atoms with E-state index in [0.717, 1.165) is 152 Å². The lowest BCUT2D eigenvalue weighted by molar-refractivity contribution is 0.0976. The van der Waals surface area contributed by atoms with Crippen LogP contribution in [0.2, 0.25) is 10.0 Å². The van der Waals surface area contributed by atoms with Crippen molar-refractivity contribution < 1.29 is 47.1 Å². The molecule has 12 aromatic rings. The maximum absolute atomic E-state index is 14.9. The van der Waals surface area contributed by atoms with E-state index < -0.39 is 35.0 Å². The molecule has 8 heterocycles. The molecule has 24 nitrogen and oxygen atoms in total. The summed E-state index contributed by atoms with van der Waals surface area (Å²) in [5, 5.41) is 45.4. The van der Waals surface area contributed by atoms with Gasteiger partial charge in [-0.25, -0.2) is 28.7 Å². The lowest BCUT2D eigenvalue weighted by Crippen LogP contribution is -2.35. The van der Waals surface area contributed by atoms with Gasteiger partial charge in [-0.05, 0) is 243 Å². The van der Waals surface area contributed by atoms with Gasteiger partial charge in [-0.2, -0.15) is 0 Å². The number of hydrogen-bond acceptors (Lipinski definition) is 16. The van der Waals surface area contributed by atoms with Gasteiger partial charge in [-0.3, -0.25) is 60.0 Å². The van der Waals surface area contributed by atoms with Crippen molar-refractivity contribution in [3.05, 3.63) is 373 Å². The van der Waals surface area contributed by atoms with E-state index in [1.54, 1.807) is 146 Å². The van der Waals surface area contributed by atoms with Gasteiger partial charge in [0.2, 0.25) is 0 Å². The SMILES string of the molecule is Cc1ccc(CC(=O)c2ccc(C(=N)N3CCCC3)cc2)c(C(=O)Nc2ccc(Br)cn2)c1.Cc1ccc(CC(=O)c2ccc(C(=N)N3CCCC3)cc2F)c(C(=O)Nc2ccc(Cl)cn2)c1.Cc1ccc(CC(=O)c2ccc(C(=N)N3CCCCC3)cc2)c(C(=O)Nc2ccc(Br)cn2)c1.Cc1ccc(CC(=O)c2ccc(C(=N)N3CCCCC3)cc2F)c(C(=O)Nc2ccc(Cl)cn2)c1. The van der Waals surface area contributed by atoms with Crippen LogP contribution in [0.4, 0.5) is 32.1 Å². The third-order valence-corrected chi connectivity index (χ3v) is 24.9. The summed E-state index contributed by atoms with van der Waals surface area (Å²) in [5.41, 5.74) is 10.9. The average molecular weight is 2000 g/mol. The Balaban J connectivity index is 0.000000153. The van der Waals surface area contributed by atoms with Crippen molar-refractivity contribution in [3.8, 4) is 0 Å². The number of piperidine rings is 2. The number of Topliss-reactive ketones (excluding diaryl/α,β-unsaturated/α-hetero) is 4. The van der Waals surface area contributed by atoms with Gasteiger partial charge in [0.25, 0.3) is 23.6 Å². The highest BCUT2D eigenvalue weighted by molar-refractivity contribution is 9.10. The van der Waals surface area contributed by atoms with Gasteiger partial charge in [0, 0.05) is 167 Å². The summed E-state index contributed by atoms with van der Waals surface area (Å²) in [5.74, 6) is -0.714. The molecule has 0 spiro atoms. The van der Waals surface area contributed by atoms with E-state index in [1.165, 1.54) is 43.1 Å². The Morgan fingerprint density at radius 2 is 0.537 bits per heavy atom. The number of halogens is 6. The quantitative estimate of drug-likeness (QED) is 0.0158. The highest BCUT2D eigenvalue weighted by Gasteiger charge is 2.28. The second-order valence-electron chi connectivity index (χ2n) is 33.7. The van der Waals surface area contributed by atoms with Crippen LogP contribution in [0.15, 0.2) is 240 Å². The van der Waals surface area contributed by atoms with Gasteiger partial charge >= 0.3 is 0 Å². The van der Waals surface area contributed by atoms with E-state index >= 15 is 0 Å². The van der Waals surface area contributed by atoms with Crippen molar-refractivity contribution in [2.24, 2.45) is 0 Å². The summed E-state index contributed by atoms with van der Waals surface area (Å²) < 4.78 is 31.4. The van der Waals surface area contributed by atoms with Crippen molar-refractivity contribution >= 4 is 148 Å². The van der Waals surface area contributed by atoms with Crippen LogP contribution in [0, 0.1) is 61.0 Å². The molecule has 4 aliphatic rings. The Bertz CT molecular complexity index is 6470. The molecule has 696 valence electrons. The number of rotatable bonds is 24. The maximum Gasteiger partial charge on any atom is 0.257 e. The molecule has 8 aromatic carbocycles. The third kappa shape index (κ3) is 27.3. The first-order chi connectivity index (χ1) is 65.4. The number of ketones is 4. The second kappa shape index (κ2) is 47.4. The summed E-state index contributed by atoms with van der Waals surface area (Å²) in [6.45, 7) is 14.3. The fourth-order valence-electron chi connectivity index (χ4n) is 16.1. The third-order valence-electron chi connectivity index (χ3n) is 23.6. The van der Waals surface area contributed by atoms with E-state index in [-0.39, 0.29) is 71.9 Å². The molecule has 16 rings (SSSR count). The topological polar surface area (TPSA) is 345 Å². The number of aryl methyl sites for hydroxylation is 4. The molecule has 0 saturated carbocycles. The zero-order valence-electron chi connectivity index (χ0n) is 75.6. The summed E-state index contributed by atoms with van der Waals surface area (Å²) in [6.07, 6.45) is 16.9. The second-order valence-corrected chi connectivity index (χ2v) is 36.4. The van der Waals surface area contributed by atoms with Crippen molar-refractivity contribution in [1.29, 1.82) is 21.6 Å². The van der Waals surface area contributed by atoms with E-state index in [4.69, 9.17) is 44.8 Å². The van der Waals surface area contributed by atoms with Crippen LogP contribution < -0.4 is 21.3 Å². The van der Waals surface area contributed by atoms with Gasteiger partial charge < -0.3 is 40.9 Å². The molecule has 4 fully saturated rings. The zero-order chi connectivity index (χ0) is 96.6. The van der Waals surface area contributed by atoms with Crippen LogP contribution in [0.5, 0.6) is 0 Å². The van der Waals surface area contributed by atoms with Crippen LogP contribution in [0.3, 0.4) is 0 Å². The number of likely N-dealkylation sites (tertiary alicyclic amines) is 4. The van der Waals surface area contributed by atoms with Gasteiger partial charge in [0.1, 0.15) is 58.2 Å². The minimum Gasteiger partial charge on any atom is -0.357 e. The molecular formula is C106H102Br2Cl2F2N16O8. The zero-order valence-corrected chi connectivity index (χ0v) is 80.3. The van der Waals surface area contributed by atoms with Crippen LogP contribution in [-0.2, 0) is 25.7 Å². The molecule has 0 bridgehead atoms. The molecule has 4 aliphatic heterocycles. The van der Waals surface area contributed by atoms with Crippen molar-refractivity contribution in [3.63, 3.8) is 0 Å². The molecule has 0 aliphatic carbocycles. The highest BCUT2D eigenvalue weighted by Crippen LogP contribution is 2.29. The Morgan fingerprint density at radius 1 is 0.294 bits per heavy atom. The Morgan fingerprint density at radius 3 is 0.794 bits per heavy atom. The van der Waals surface area contributed by atoms with Crippen molar-refractivity contribution in [2.45, 2.75) is 118 Å². The van der Waals surface area contributed by atoms with Gasteiger partial charge in [0.15, 0.2) is 23.1 Å². The van der Waals surface area contributed by atoms with Gasteiger partial charge in [-0.1, -0.05) is 155 Å². The van der Waals surface area contributed by atoms with Crippen LogP contribution in [0.25, 0.3) is 0 Å². The first kappa shape index (κ1) is 99.7. The number of hydrogen-bond donors (Lipinski definition) is 8. The Kier molecular flexibility index (Phi) is 34.7. The number of aromatic nitrogens is 4. The van der Waals surface area contributed by atoms with E-state index in [9.17, 15) is 47.1 Å². The van der Waals surface area contributed by atoms with Crippen LogP contribution in [-0.4, -0.2) is 162 Å². The number of anilines is 4. The number of carbonyl (C=O) groups excluding carboxylic acids is 8. The number of nitrogens with one attached hydrogen (secondary N) is 8. The molecule has 4 aromatic heterocycles. The van der Waals surface area contributed by atoms with Gasteiger partial charge in [0.05, 0.1) is 21.2 Å². The normalized spacial score (nSPS) is 13.2. The summed E-state index contributed by atoms with van der Waals surface area (Å²) in [7, 11) is 0. The Hall–Kier alpha value is -13.8. The molecule has 0 radical (unpaired) electrons. The maximum atomic E-state index is 14.9. The number of benzene rings is 8. The van der Waals surface area contributed by atoms with Crippen molar-refractivity contribution in [2.75, 3.05) is 73.6 Å². The van der Waals surface area contributed by atoms with Gasteiger partial charge in [-0.15, -0.1) is 0 Å². The molecule has 4 saturated heterocycles. The number of amides is 4. The first-order valence-electron chi connectivity index (χ1n) is 44.8. The number of pyridine rings is 4. The monoisotopic (exact) mass is 1990 g/mol. The smallest absolute Gasteiger partial charge is 0.257 e. The highest BCUT2D eigenvalue weighted by atomic mass is 79.9. The number of nitrogens with zero attached hydrogens (tertiary/aromatic N) is 8. The Labute approximate surface area is 815 Å². The van der Waals surface area contributed by atoms with E-state index in [1.807, 2.05) is 86.0 Å². The first-order valence-corrected chi connectivity index (χ1v) is 47.2. The molecule has 0 unspecified atom stereocenters. The molecule has 30 heteroatoms. The standard InChI is InChI=1S/C27H27BrN4O2.C27H26ClFN4O2.C26H25BrN4O2.C26H24ClFN4O2/c1-18-5-6-21(23(15-18)27(34)31-25-12-11-22(28)17-30-25)16-24(33)19-7-9-20(10-8-19)26(29)32-13-3-2-4-14-32;1-17-5-6-18(22(13-17)27(35)32-25-10-8-20(28)16-31-25)15-24(34)21-9-7-19(14-23(21)29)26(30)33-11-3-2-4-12-33;1-17-4-5-20(22(14-17)26(33)30-24-11-10-21(27)16-29-24)15-23(32)18-6-8-19(9-7-18)25(28)31-12-2-3-13-31;1-16-4-5-17(21(12-16)26(34)31-24-9-7-19(27)15-30-24)14-23(33)20-8-6-18(13-22(20)28)25(29)32-10-2-3-11-32/h5-12,15,17,29H,2-4,13-14,16H2,1H3,(H,30,31,34);5-10,13-14,16,30H,2-4,11-12,15H2,1H3,(H,31,32,35);4-11,14,16,28H,2-3,12-13,15H2,1H3,(H,29,30,33);4-9,12-13,15,29H,2-3,10-11,14H2,1H3,(H,30,31,34). The minimum absolute atomic E-state index is 0.0634. The predicted octanol–water partition coefficient (Wildman–Crippen LogP) is 21.8. The molecule has 136 heavy (non-hydrogen) atoms. The largest absolute Gasteiger partial charge is 0.357 e. The number of amidine groups is 4. The summed E-state index contributed by atoms with van der Waals surface area (Å²) >= 11 is 18.4. The molecule has 4 amide bonds. The molecule has 8 N–H and O–H groups in total. The van der Waals surface area contributed by atoms with Crippen LogP contribution >= 0.6 is 55.1 Å². The molecule has 0 atom stereocenters. The minimum atomic E-state index is -0.671. The average Bonchev–Trinajstić information content (AvgIpc) is 1.08. The summed E-state index contributed by atoms with van der Waals surface area (Å²) in [6, 6.07) is 57.8. The van der Waals surface area contributed by atoms with Crippen molar-refractivity contribution in [1.82, 2.24) is 39.5 Å².